The van der Waals surface area contributed by atoms with E-state index in [-0.39, 0.29) is 18.8 Å². The summed E-state index contributed by atoms with van der Waals surface area (Å²) in [6, 6.07) is 8.10. The maximum atomic E-state index is 11.5. The standard InChI is InChI=1S/C12H17NO3S/c14-6-3-7-17(15,16)13-9-11-8-10-4-1-2-5-12(10)11/h1-2,4-5,11,13-14H,3,6-9H2. The Balaban J connectivity index is 1.85. The van der Waals surface area contributed by atoms with E-state index in [9.17, 15) is 8.42 Å². The summed E-state index contributed by atoms with van der Waals surface area (Å²) in [4.78, 5) is 0. The molecule has 0 aliphatic heterocycles. The number of hydrogen-bond acceptors (Lipinski definition) is 3. The molecule has 0 amide bonds. The monoisotopic (exact) mass is 255 g/mol. The molecule has 0 fully saturated rings. The first kappa shape index (κ1) is 12.5. The second-order valence-corrected chi connectivity index (χ2v) is 6.27. The number of rotatable bonds is 6. The number of sulfonamides is 1. The van der Waals surface area contributed by atoms with E-state index in [0.29, 0.717) is 12.5 Å². The van der Waals surface area contributed by atoms with Crippen LogP contribution in [0.1, 0.15) is 23.5 Å². The van der Waals surface area contributed by atoms with Crippen molar-refractivity contribution in [2.75, 3.05) is 18.9 Å². The molecule has 1 aromatic carbocycles. The van der Waals surface area contributed by atoms with Crippen molar-refractivity contribution in [2.24, 2.45) is 0 Å². The number of hydrogen-bond donors (Lipinski definition) is 2. The lowest BCUT2D eigenvalue weighted by atomic mass is 9.78. The number of aliphatic hydroxyl groups is 1. The van der Waals surface area contributed by atoms with Gasteiger partial charge in [-0.25, -0.2) is 13.1 Å². The SMILES string of the molecule is O=S(=O)(CCCO)NCC1Cc2ccccc21. The van der Waals surface area contributed by atoms with Crippen molar-refractivity contribution in [1.29, 1.82) is 0 Å². The topological polar surface area (TPSA) is 66.4 Å². The molecule has 2 N–H and O–H groups in total. The zero-order chi connectivity index (χ0) is 12.3. The van der Waals surface area contributed by atoms with Crippen LogP contribution in [0.5, 0.6) is 0 Å². The number of nitrogens with one attached hydrogen (secondary N) is 1. The van der Waals surface area contributed by atoms with E-state index in [0.717, 1.165) is 6.42 Å². The van der Waals surface area contributed by atoms with Gasteiger partial charge in [-0.3, -0.25) is 0 Å². The summed E-state index contributed by atoms with van der Waals surface area (Å²) < 4.78 is 25.6. The predicted octanol–water partition coefficient (Wildman–Crippen LogP) is 0.628. The van der Waals surface area contributed by atoms with Crippen LogP contribution in [0.25, 0.3) is 0 Å². The average molecular weight is 255 g/mol. The minimum absolute atomic E-state index is 0.00212. The normalized spacial score (nSPS) is 18.5. The molecule has 1 unspecified atom stereocenters. The number of fused-ring (bicyclic) bond motifs is 1. The molecule has 0 bridgehead atoms. The van der Waals surface area contributed by atoms with E-state index in [1.54, 1.807) is 0 Å². The summed E-state index contributed by atoms with van der Waals surface area (Å²) in [6.45, 7) is 0.373. The minimum Gasteiger partial charge on any atom is -0.396 e. The third-order valence-corrected chi connectivity index (χ3v) is 4.51. The number of benzene rings is 1. The lowest BCUT2D eigenvalue weighted by molar-refractivity contribution is 0.295. The Kier molecular flexibility index (Phi) is 3.81. The first-order valence-corrected chi connectivity index (χ1v) is 7.43. The maximum Gasteiger partial charge on any atom is 0.211 e. The smallest absolute Gasteiger partial charge is 0.211 e. The molecule has 5 heteroatoms. The van der Waals surface area contributed by atoms with Gasteiger partial charge < -0.3 is 5.11 Å². The van der Waals surface area contributed by atoms with Crippen LogP contribution in [-0.4, -0.2) is 32.4 Å². The van der Waals surface area contributed by atoms with Gasteiger partial charge in [0.25, 0.3) is 0 Å². The van der Waals surface area contributed by atoms with E-state index in [1.165, 1.54) is 11.1 Å². The molecular weight excluding hydrogens is 238 g/mol. The van der Waals surface area contributed by atoms with Crippen LogP contribution in [0.4, 0.5) is 0 Å². The molecule has 1 aliphatic carbocycles. The van der Waals surface area contributed by atoms with E-state index < -0.39 is 10.0 Å². The van der Waals surface area contributed by atoms with Gasteiger partial charge in [0.1, 0.15) is 0 Å². The van der Waals surface area contributed by atoms with Crippen molar-refractivity contribution in [2.45, 2.75) is 18.8 Å². The van der Waals surface area contributed by atoms with E-state index in [2.05, 4.69) is 10.8 Å². The van der Waals surface area contributed by atoms with Crippen molar-refractivity contribution in [3.63, 3.8) is 0 Å². The van der Waals surface area contributed by atoms with Gasteiger partial charge in [-0.15, -0.1) is 0 Å². The Morgan fingerprint density at radius 3 is 2.82 bits per heavy atom. The molecule has 94 valence electrons. The fraction of sp³-hybridized carbons (Fsp3) is 0.500. The molecule has 0 aromatic heterocycles. The molecule has 0 spiro atoms. The van der Waals surface area contributed by atoms with Crippen molar-refractivity contribution in [3.05, 3.63) is 35.4 Å². The van der Waals surface area contributed by atoms with Gasteiger partial charge in [0.15, 0.2) is 0 Å². The third-order valence-electron chi connectivity index (χ3n) is 3.08. The van der Waals surface area contributed by atoms with Crippen LogP contribution >= 0.6 is 0 Å². The van der Waals surface area contributed by atoms with Crippen LogP contribution < -0.4 is 4.72 Å². The lowest BCUT2D eigenvalue weighted by Crippen LogP contribution is -2.34. The summed E-state index contributed by atoms with van der Waals surface area (Å²) in [5.41, 5.74) is 2.56. The fourth-order valence-electron chi connectivity index (χ4n) is 2.10. The summed E-state index contributed by atoms with van der Waals surface area (Å²) >= 11 is 0. The Hall–Kier alpha value is -0.910. The molecule has 0 saturated carbocycles. The molecular formula is C12H17NO3S. The Morgan fingerprint density at radius 2 is 2.12 bits per heavy atom. The highest BCUT2D eigenvalue weighted by Gasteiger charge is 2.26. The molecule has 1 aromatic rings. The summed E-state index contributed by atoms with van der Waals surface area (Å²) in [7, 11) is -3.23. The largest absolute Gasteiger partial charge is 0.396 e. The van der Waals surface area contributed by atoms with Gasteiger partial charge in [-0.1, -0.05) is 24.3 Å². The summed E-state index contributed by atoms with van der Waals surface area (Å²) in [6.07, 6.45) is 1.23. The highest BCUT2D eigenvalue weighted by Crippen LogP contribution is 2.34. The summed E-state index contributed by atoms with van der Waals surface area (Å²) in [5.74, 6) is 0.299. The van der Waals surface area contributed by atoms with Crippen molar-refractivity contribution < 1.29 is 13.5 Å². The van der Waals surface area contributed by atoms with E-state index >= 15 is 0 Å². The predicted molar refractivity (Wildman–Crippen MR) is 66.4 cm³/mol. The first-order valence-electron chi connectivity index (χ1n) is 5.78. The van der Waals surface area contributed by atoms with Crippen LogP contribution in [0.2, 0.25) is 0 Å². The molecule has 0 heterocycles. The minimum atomic E-state index is -3.23. The molecule has 1 atom stereocenters. The van der Waals surface area contributed by atoms with Crippen molar-refractivity contribution >= 4 is 10.0 Å². The van der Waals surface area contributed by atoms with Crippen LogP contribution in [-0.2, 0) is 16.4 Å². The Bertz CT molecular complexity index is 484. The van der Waals surface area contributed by atoms with Crippen molar-refractivity contribution in [3.8, 4) is 0 Å². The first-order chi connectivity index (χ1) is 8.12. The van der Waals surface area contributed by atoms with Gasteiger partial charge in [0.05, 0.1) is 5.75 Å². The molecule has 0 saturated heterocycles. The Labute approximate surface area is 102 Å². The third kappa shape index (κ3) is 3.06. The molecule has 17 heavy (non-hydrogen) atoms. The van der Waals surface area contributed by atoms with Gasteiger partial charge in [-0.2, -0.15) is 0 Å². The lowest BCUT2D eigenvalue weighted by Gasteiger charge is -2.30. The molecule has 2 rings (SSSR count). The van der Waals surface area contributed by atoms with Crippen molar-refractivity contribution in [1.82, 2.24) is 4.72 Å². The zero-order valence-corrected chi connectivity index (χ0v) is 10.4. The van der Waals surface area contributed by atoms with Gasteiger partial charge in [0.2, 0.25) is 10.0 Å². The Morgan fingerprint density at radius 1 is 1.35 bits per heavy atom. The maximum absolute atomic E-state index is 11.5. The zero-order valence-electron chi connectivity index (χ0n) is 9.59. The number of aliphatic hydroxyl groups excluding tert-OH is 1. The highest BCUT2D eigenvalue weighted by atomic mass is 32.2. The van der Waals surface area contributed by atoms with Gasteiger partial charge >= 0.3 is 0 Å². The fourth-order valence-corrected chi connectivity index (χ4v) is 3.21. The van der Waals surface area contributed by atoms with Crippen LogP contribution in [0.15, 0.2) is 24.3 Å². The van der Waals surface area contributed by atoms with Gasteiger partial charge in [-0.05, 0) is 24.0 Å². The quantitative estimate of drug-likeness (QED) is 0.783. The van der Waals surface area contributed by atoms with Gasteiger partial charge in [0, 0.05) is 19.1 Å². The summed E-state index contributed by atoms with van der Waals surface area (Å²) in [5, 5.41) is 8.60. The average Bonchev–Trinajstić information content (AvgIpc) is 2.28. The van der Waals surface area contributed by atoms with E-state index in [4.69, 9.17) is 5.11 Å². The van der Waals surface area contributed by atoms with Crippen LogP contribution in [0.3, 0.4) is 0 Å². The second-order valence-electron chi connectivity index (χ2n) is 4.34. The van der Waals surface area contributed by atoms with E-state index in [1.807, 2.05) is 18.2 Å². The second kappa shape index (κ2) is 5.16. The highest BCUT2D eigenvalue weighted by molar-refractivity contribution is 7.89. The molecule has 0 radical (unpaired) electrons. The molecule has 1 aliphatic rings. The molecule has 4 nitrogen and oxygen atoms in total. The van der Waals surface area contributed by atoms with Crippen LogP contribution in [0, 0.1) is 0 Å².